The quantitative estimate of drug-likeness (QED) is 0.486. The Hall–Kier alpha value is -0.613. The van der Waals surface area contributed by atoms with Crippen molar-refractivity contribution < 1.29 is 4.79 Å². The third-order valence-corrected chi connectivity index (χ3v) is 2.77. The largest absolute Gasteiger partial charge is 0.366 e. The zero-order valence-corrected chi connectivity index (χ0v) is 10.6. The minimum Gasteiger partial charge on any atom is -0.366 e. The molecule has 0 aromatic rings. The molecule has 1 amide bonds. The normalized spacial score (nSPS) is 9.00. The van der Waals surface area contributed by atoms with Crippen LogP contribution in [0.5, 0.6) is 0 Å². The second-order valence-corrected chi connectivity index (χ2v) is 3.90. The highest BCUT2D eigenvalue weighted by atomic mass is 28.2. The molecule has 0 unspecified atom stereocenters. The summed E-state index contributed by atoms with van der Waals surface area (Å²) >= 11 is 0. The summed E-state index contributed by atoms with van der Waals surface area (Å²) in [6, 6.07) is 0. The van der Waals surface area contributed by atoms with Crippen molar-refractivity contribution in [3.63, 3.8) is 0 Å². The first-order valence-electron chi connectivity index (χ1n) is 4.09. The topological polar surface area (TPSA) is 46.3 Å². The van der Waals surface area contributed by atoms with Gasteiger partial charge in [0.15, 0.2) is 0 Å². The van der Waals surface area contributed by atoms with Crippen LogP contribution >= 0.6 is 0 Å². The van der Waals surface area contributed by atoms with Crippen LogP contribution in [0, 0.1) is 0 Å². The first-order valence-corrected chi connectivity index (χ1v) is 4.98. The van der Waals surface area contributed by atoms with Crippen molar-refractivity contribution in [1.29, 1.82) is 0 Å². The second kappa shape index (κ2) is 8.48. The van der Waals surface area contributed by atoms with Crippen LogP contribution in [0.15, 0.2) is 12.2 Å². The van der Waals surface area contributed by atoms with Crippen molar-refractivity contribution in [2.75, 3.05) is 13.1 Å². The van der Waals surface area contributed by atoms with Gasteiger partial charge in [-0.2, -0.15) is 0 Å². The number of carbonyl (C=O) groups excluding carboxylic acids is 1. The Morgan fingerprint density at radius 3 is 1.75 bits per heavy atom. The number of amides is 1. The number of hydrogen-bond acceptors (Lipinski definition) is 2. The summed E-state index contributed by atoms with van der Waals surface area (Å²) in [5, 5.41) is 0. The summed E-state index contributed by atoms with van der Waals surface area (Å²) in [7, 11) is 1.22. The van der Waals surface area contributed by atoms with E-state index in [9.17, 15) is 4.79 Å². The molecular weight excluding hydrogens is 168 g/mol. The van der Waals surface area contributed by atoms with E-state index in [0.717, 1.165) is 0 Å². The predicted octanol–water partition coefficient (Wildman–Crippen LogP) is -0.344. The molecule has 0 aliphatic carbocycles. The molecule has 0 rings (SSSR count). The van der Waals surface area contributed by atoms with Gasteiger partial charge in [-0.05, 0) is 20.0 Å². The van der Waals surface area contributed by atoms with Crippen LogP contribution < -0.4 is 5.73 Å². The summed E-state index contributed by atoms with van der Waals surface area (Å²) < 4.78 is 2.39. The fraction of sp³-hybridized carbons (Fsp3) is 0.625. The van der Waals surface area contributed by atoms with Crippen LogP contribution in [0.4, 0.5) is 0 Å². The van der Waals surface area contributed by atoms with E-state index in [1.807, 2.05) is 0 Å². The van der Waals surface area contributed by atoms with Crippen LogP contribution in [0.1, 0.15) is 20.8 Å². The van der Waals surface area contributed by atoms with Crippen molar-refractivity contribution in [3.05, 3.63) is 12.2 Å². The highest BCUT2D eigenvalue weighted by molar-refractivity contribution is 6.04. The second-order valence-electron chi connectivity index (χ2n) is 2.63. The van der Waals surface area contributed by atoms with E-state index in [2.05, 4.69) is 25.0 Å². The molecule has 12 heavy (non-hydrogen) atoms. The van der Waals surface area contributed by atoms with Crippen LogP contribution in [0.25, 0.3) is 0 Å². The molecule has 0 heterocycles. The molecule has 0 atom stereocenters. The number of primary amides is 1. The van der Waals surface area contributed by atoms with Crippen LogP contribution in [-0.4, -0.2) is 34.0 Å². The van der Waals surface area contributed by atoms with Crippen molar-refractivity contribution in [2.45, 2.75) is 20.8 Å². The average molecular weight is 188 g/mol. The molecule has 0 radical (unpaired) electrons. The van der Waals surface area contributed by atoms with E-state index in [1.54, 1.807) is 6.92 Å². The Kier molecular flexibility index (Phi) is 9.86. The molecule has 2 N–H and O–H groups in total. The van der Waals surface area contributed by atoms with Gasteiger partial charge in [0.25, 0.3) is 0 Å². The molecule has 0 saturated heterocycles. The lowest BCUT2D eigenvalue weighted by atomic mass is 10.3. The highest BCUT2D eigenvalue weighted by Gasteiger charge is 1.86. The minimum atomic E-state index is -0.435. The van der Waals surface area contributed by atoms with Crippen molar-refractivity contribution in [3.8, 4) is 0 Å². The van der Waals surface area contributed by atoms with Gasteiger partial charge in [0.2, 0.25) is 5.91 Å². The van der Waals surface area contributed by atoms with Gasteiger partial charge in [-0.1, -0.05) is 20.4 Å². The Balaban J connectivity index is 0. The fourth-order valence-corrected chi connectivity index (χ4v) is 0.224. The molecule has 0 aromatic heterocycles. The number of nitrogens with two attached hydrogens (primary N) is 1. The molecule has 0 fully saturated rings. The van der Waals surface area contributed by atoms with Gasteiger partial charge in [-0.15, -0.1) is 0 Å². The summed E-state index contributed by atoms with van der Waals surface area (Å²) in [6.07, 6.45) is 0. The standard InChI is InChI=1S/C4H7NO.C4H13NSi/c1-3(2)4(5)6;1-3-5(6)4-2/h1H2,2H3,(H2,5,6);3-4H2,1-2,6H3. The maximum absolute atomic E-state index is 9.82. The van der Waals surface area contributed by atoms with Crippen LogP contribution in [0.3, 0.4) is 0 Å². The average Bonchev–Trinajstić information content (AvgIpc) is 2.04. The molecule has 0 spiro atoms. The molecule has 0 aromatic carbocycles. The SMILES string of the molecule is C=C(C)C(N)=O.CCN([SiH3])CC. The van der Waals surface area contributed by atoms with Gasteiger partial charge in [-0.25, -0.2) is 0 Å². The fourth-order valence-electron chi connectivity index (χ4n) is 0.224. The molecule has 0 saturated carbocycles. The smallest absolute Gasteiger partial charge is 0.243 e. The third kappa shape index (κ3) is 12.1. The third-order valence-electron chi connectivity index (χ3n) is 1.50. The maximum atomic E-state index is 9.82. The van der Waals surface area contributed by atoms with Gasteiger partial charge in [0.05, 0.1) is 10.4 Å². The zero-order chi connectivity index (χ0) is 10.1. The van der Waals surface area contributed by atoms with E-state index in [4.69, 9.17) is 5.73 Å². The Labute approximate surface area is 78.1 Å². The predicted molar refractivity (Wildman–Crippen MR) is 56.9 cm³/mol. The van der Waals surface area contributed by atoms with Crippen molar-refractivity contribution >= 4 is 16.3 Å². The van der Waals surface area contributed by atoms with E-state index >= 15 is 0 Å². The van der Waals surface area contributed by atoms with Gasteiger partial charge in [0.1, 0.15) is 0 Å². The number of hydrogen-bond donors (Lipinski definition) is 1. The first kappa shape index (κ1) is 13.9. The Morgan fingerprint density at radius 1 is 1.50 bits per heavy atom. The highest BCUT2D eigenvalue weighted by Crippen LogP contribution is 1.78. The van der Waals surface area contributed by atoms with Crippen molar-refractivity contribution in [1.82, 2.24) is 4.57 Å². The number of nitrogens with zero attached hydrogens (tertiary/aromatic N) is 1. The Bertz CT molecular complexity index is 132. The zero-order valence-electron chi connectivity index (χ0n) is 8.55. The summed E-state index contributed by atoms with van der Waals surface area (Å²) in [5.41, 5.74) is 5.09. The van der Waals surface area contributed by atoms with Crippen LogP contribution in [0.2, 0.25) is 0 Å². The van der Waals surface area contributed by atoms with E-state index in [1.165, 1.54) is 23.5 Å². The van der Waals surface area contributed by atoms with Crippen molar-refractivity contribution in [2.24, 2.45) is 5.73 Å². The minimum absolute atomic E-state index is 0.398. The monoisotopic (exact) mass is 188 g/mol. The van der Waals surface area contributed by atoms with E-state index in [0.29, 0.717) is 5.57 Å². The number of rotatable bonds is 3. The molecular formula is C8H20N2OSi. The molecule has 0 aliphatic heterocycles. The summed E-state index contributed by atoms with van der Waals surface area (Å²) in [5.74, 6) is -0.435. The van der Waals surface area contributed by atoms with E-state index in [-0.39, 0.29) is 0 Å². The molecule has 4 heteroatoms. The molecule has 0 aliphatic rings. The summed E-state index contributed by atoms with van der Waals surface area (Å²) in [6.45, 7) is 11.7. The lowest BCUT2D eigenvalue weighted by Gasteiger charge is -2.07. The van der Waals surface area contributed by atoms with Crippen LogP contribution in [-0.2, 0) is 4.79 Å². The lowest BCUT2D eigenvalue weighted by molar-refractivity contribution is -0.114. The number of carbonyl (C=O) groups is 1. The van der Waals surface area contributed by atoms with Gasteiger partial charge in [0, 0.05) is 5.57 Å². The Morgan fingerprint density at radius 2 is 1.75 bits per heavy atom. The molecule has 0 bridgehead atoms. The van der Waals surface area contributed by atoms with Gasteiger partial charge in [-0.3, -0.25) is 4.79 Å². The molecule has 72 valence electrons. The van der Waals surface area contributed by atoms with Gasteiger partial charge >= 0.3 is 0 Å². The first-order chi connectivity index (χ1) is 5.45. The lowest BCUT2D eigenvalue weighted by Crippen LogP contribution is -2.17. The maximum Gasteiger partial charge on any atom is 0.243 e. The molecule has 3 nitrogen and oxygen atoms in total. The summed E-state index contributed by atoms with van der Waals surface area (Å²) in [4.78, 5) is 9.82. The van der Waals surface area contributed by atoms with E-state index < -0.39 is 5.91 Å². The van der Waals surface area contributed by atoms with Gasteiger partial charge < -0.3 is 10.3 Å².